The molecule has 1 heterocycles. The van der Waals surface area contributed by atoms with Crippen LogP contribution in [0.2, 0.25) is 0 Å². The minimum Gasteiger partial charge on any atom is -0.324 e. The van der Waals surface area contributed by atoms with Crippen LogP contribution in [0.5, 0.6) is 0 Å². The predicted molar refractivity (Wildman–Crippen MR) is 63.5 cm³/mol. The van der Waals surface area contributed by atoms with Crippen molar-refractivity contribution in [3.8, 4) is 0 Å². The molecule has 0 spiro atoms. The van der Waals surface area contributed by atoms with Gasteiger partial charge in [-0.15, -0.1) is 6.58 Å². The van der Waals surface area contributed by atoms with E-state index in [4.69, 9.17) is 5.73 Å². The molecule has 0 radical (unpaired) electrons. The third-order valence-corrected chi connectivity index (χ3v) is 2.53. The fourth-order valence-corrected chi connectivity index (χ4v) is 1.78. The van der Waals surface area contributed by atoms with Crippen LogP contribution in [0, 0.1) is 0 Å². The molecule has 2 rings (SSSR count). The van der Waals surface area contributed by atoms with Gasteiger partial charge in [0.15, 0.2) is 0 Å². The molecular formula is C13H14N2. The highest BCUT2D eigenvalue weighted by molar-refractivity contribution is 5.85. The zero-order valence-corrected chi connectivity index (χ0v) is 8.56. The number of fused-ring (bicyclic) bond motifs is 1. The fraction of sp³-hybridized carbons (Fsp3) is 0.154. The Bertz CT molecular complexity index is 471. The number of hydrogen-bond donors (Lipinski definition) is 1. The molecule has 0 saturated carbocycles. The van der Waals surface area contributed by atoms with Crippen molar-refractivity contribution >= 4 is 10.8 Å². The number of pyridine rings is 1. The summed E-state index contributed by atoms with van der Waals surface area (Å²) in [5.41, 5.74) is 7.24. The summed E-state index contributed by atoms with van der Waals surface area (Å²) in [7, 11) is 0. The van der Waals surface area contributed by atoms with Crippen LogP contribution in [0.15, 0.2) is 49.3 Å². The highest BCUT2D eigenvalue weighted by Gasteiger charge is 2.07. The lowest BCUT2D eigenvalue weighted by molar-refractivity contribution is 0.748. The van der Waals surface area contributed by atoms with Crippen molar-refractivity contribution in [2.75, 3.05) is 0 Å². The van der Waals surface area contributed by atoms with Gasteiger partial charge in [0.1, 0.15) is 0 Å². The SMILES string of the molecule is C=CCC(N)c1cccc2cnccc12. The minimum absolute atomic E-state index is 0.0219. The molecule has 2 aromatic rings. The zero-order chi connectivity index (χ0) is 10.7. The van der Waals surface area contributed by atoms with Crippen LogP contribution in [-0.4, -0.2) is 4.98 Å². The molecule has 76 valence electrons. The Labute approximate surface area is 89.4 Å². The number of nitrogens with zero attached hydrogens (tertiary/aromatic N) is 1. The summed E-state index contributed by atoms with van der Waals surface area (Å²) < 4.78 is 0. The fourth-order valence-electron chi connectivity index (χ4n) is 1.78. The van der Waals surface area contributed by atoms with Crippen LogP contribution in [-0.2, 0) is 0 Å². The third kappa shape index (κ3) is 1.90. The Morgan fingerprint density at radius 3 is 3.07 bits per heavy atom. The average molecular weight is 198 g/mol. The van der Waals surface area contributed by atoms with Crippen LogP contribution in [0.4, 0.5) is 0 Å². The van der Waals surface area contributed by atoms with Crippen LogP contribution in [0.25, 0.3) is 10.8 Å². The van der Waals surface area contributed by atoms with Gasteiger partial charge in [-0.2, -0.15) is 0 Å². The van der Waals surface area contributed by atoms with Crippen LogP contribution in [0.3, 0.4) is 0 Å². The lowest BCUT2D eigenvalue weighted by atomic mass is 9.99. The molecule has 0 aliphatic rings. The monoisotopic (exact) mass is 198 g/mol. The van der Waals surface area contributed by atoms with Gasteiger partial charge in [0.2, 0.25) is 0 Å². The van der Waals surface area contributed by atoms with E-state index in [0.29, 0.717) is 0 Å². The quantitative estimate of drug-likeness (QED) is 0.770. The second-order valence-electron chi connectivity index (χ2n) is 3.57. The molecule has 2 nitrogen and oxygen atoms in total. The molecule has 0 fully saturated rings. The predicted octanol–water partition coefficient (Wildman–Crippen LogP) is 2.81. The van der Waals surface area contributed by atoms with Crippen molar-refractivity contribution < 1.29 is 0 Å². The van der Waals surface area contributed by atoms with Crippen LogP contribution in [0.1, 0.15) is 18.0 Å². The standard InChI is InChI=1S/C13H14N2/c1-2-4-13(14)12-6-3-5-10-9-15-8-7-11(10)12/h2-3,5-9,13H,1,4,14H2. The first kappa shape index (κ1) is 9.87. The molecule has 2 heteroatoms. The first-order chi connectivity index (χ1) is 7.33. The van der Waals surface area contributed by atoms with Crippen molar-refractivity contribution in [2.45, 2.75) is 12.5 Å². The molecule has 2 N–H and O–H groups in total. The Morgan fingerprint density at radius 2 is 2.27 bits per heavy atom. The molecule has 0 amide bonds. The van der Waals surface area contributed by atoms with E-state index < -0.39 is 0 Å². The first-order valence-corrected chi connectivity index (χ1v) is 5.02. The molecule has 0 aliphatic carbocycles. The average Bonchev–Trinajstić information content (AvgIpc) is 2.28. The summed E-state index contributed by atoms with van der Waals surface area (Å²) in [6, 6.07) is 8.16. The maximum atomic E-state index is 6.08. The van der Waals surface area contributed by atoms with Crippen molar-refractivity contribution in [1.82, 2.24) is 4.98 Å². The van der Waals surface area contributed by atoms with Gasteiger partial charge in [0.05, 0.1) is 0 Å². The Balaban J connectivity index is 2.55. The zero-order valence-electron chi connectivity index (χ0n) is 8.56. The topological polar surface area (TPSA) is 38.9 Å². The normalized spacial score (nSPS) is 12.6. The molecule has 0 aliphatic heterocycles. The lowest BCUT2D eigenvalue weighted by Gasteiger charge is -2.12. The Morgan fingerprint density at radius 1 is 1.40 bits per heavy atom. The van der Waals surface area contributed by atoms with Gasteiger partial charge < -0.3 is 5.73 Å². The van der Waals surface area contributed by atoms with Gasteiger partial charge in [-0.3, -0.25) is 4.98 Å². The largest absolute Gasteiger partial charge is 0.324 e. The second kappa shape index (κ2) is 4.24. The molecule has 0 saturated heterocycles. The van der Waals surface area contributed by atoms with Gasteiger partial charge >= 0.3 is 0 Å². The van der Waals surface area contributed by atoms with E-state index in [1.807, 2.05) is 30.5 Å². The molecule has 1 aromatic carbocycles. The smallest absolute Gasteiger partial charge is 0.0346 e. The van der Waals surface area contributed by atoms with Gasteiger partial charge in [-0.1, -0.05) is 24.3 Å². The summed E-state index contributed by atoms with van der Waals surface area (Å²) in [6.07, 6.45) is 6.30. The maximum Gasteiger partial charge on any atom is 0.0346 e. The van der Waals surface area contributed by atoms with E-state index in [1.165, 1.54) is 5.39 Å². The number of benzene rings is 1. The van der Waals surface area contributed by atoms with Crippen molar-refractivity contribution in [1.29, 1.82) is 0 Å². The van der Waals surface area contributed by atoms with Crippen LogP contribution < -0.4 is 5.73 Å². The molecular weight excluding hydrogens is 184 g/mol. The Hall–Kier alpha value is -1.67. The number of hydrogen-bond acceptors (Lipinski definition) is 2. The van der Waals surface area contributed by atoms with E-state index in [9.17, 15) is 0 Å². The van der Waals surface area contributed by atoms with E-state index in [0.717, 1.165) is 17.4 Å². The second-order valence-corrected chi connectivity index (χ2v) is 3.57. The molecule has 1 aromatic heterocycles. The Kier molecular flexibility index (Phi) is 2.79. The highest BCUT2D eigenvalue weighted by atomic mass is 14.6. The number of rotatable bonds is 3. The van der Waals surface area contributed by atoms with Crippen molar-refractivity contribution in [2.24, 2.45) is 5.73 Å². The lowest BCUT2D eigenvalue weighted by Crippen LogP contribution is -2.09. The minimum atomic E-state index is 0.0219. The third-order valence-electron chi connectivity index (χ3n) is 2.53. The summed E-state index contributed by atoms with van der Waals surface area (Å²) in [4.78, 5) is 4.10. The first-order valence-electron chi connectivity index (χ1n) is 5.02. The number of nitrogens with two attached hydrogens (primary N) is 1. The maximum absolute atomic E-state index is 6.08. The summed E-state index contributed by atoms with van der Waals surface area (Å²) in [5.74, 6) is 0. The highest BCUT2D eigenvalue weighted by Crippen LogP contribution is 2.23. The van der Waals surface area contributed by atoms with E-state index in [2.05, 4.69) is 17.6 Å². The number of aromatic nitrogens is 1. The summed E-state index contributed by atoms with van der Waals surface area (Å²) in [6.45, 7) is 3.71. The molecule has 15 heavy (non-hydrogen) atoms. The molecule has 1 atom stereocenters. The summed E-state index contributed by atoms with van der Waals surface area (Å²) in [5, 5.41) is 2.32. The van der Waals surface area contributed by atoms with E-state index in [1.54, 1.807) is 6.20 Å². The van der Waals surface area contributed by atoms with E-state index >= 15 is 0 Å². The molecule has 0 bridgehead atoms. The van der Waals surface area contributed by atoms with Crippen molar-refractivity contribution in [3.05, 3.63) is 54.9 Å². The summed E-state index contributed by atoms with van der Waals surface area (Å²) >= 11 is 0. The van der Waals surface area contributed by atoms with Gasteiger partial charge in [0.25, 0.3) is 0 Å². The van der Waals surface area contributed by atoms with Gasteiger partial charge in [-0.05, 0) is 23.4 Å². The van der Waals surface area contributed by atoms with E-state index in [-0.39, 0.29) is 6.04 Å². The van der Waals surface area contributed by atoms with Gasteiger partial charge in [0, 0.05) is 23.8 Å². The van der Waals surface area contributed by atoms with Crippen LogP contribution >= 0.6 is 0 Å². The molecule has 1 unspecified atom stereocenters. The van der Waals surface area contributed by atoms with Gasteiger partial charge in [-0.25, -0.2) is 0 Å². The van der Waals surface area contributed by atoms with Crippen molar-refractivity contribution in [3.63, 3.8) is 0 Å².